The van der Waals surface area contributed by atoms with Crippen LogP contribution in [0.15, 0.2) is 48.5 Å². The van der Waals surface area contributed by atoms with Gasteiger partial charge >= 0.3 is 0 Å². The van der Waals surface area contributed by atoms with Gasteiger partial charge in [-0.2, -0.15) is 0 Å². The van der Waals surface area contributed by atoms with E-state index in [0.717, 1.165) is 6.42 Å². The molecule has 2 aromatic carbocycles. The number of nitrogens with zero attached hydrogens (tertiary/aromatic N) is 1. The molecule has 1 aliphatic rings. The Labute approximate surface area is 124 Å². The number of halogens is 1. The van der Waals surface area contributed by atoms with Crippen LogP contribution in [0, 0.1) is 0 Å². The maximum absolute atomic E-state index is 12.4. The van der Waals surface area contributed by atoms with E-state index in [9.17, 15) is 4.79 Å². The molecule has 0 saturated carbocycles. The summed E-state index contributed by atoms with van der Waals surface area (Å²) in [6.07, 6.45) is 1.00. The highest BCUT2D eigenvalue weighted by Gasteiger charge is 2.27. The van der Waals surface area contributed by atoms with Crippen molar-refractivity contribution >= 4 is 23.1 Å². The molecule has 1 aliphatic heterocycles. The number of fused-ring (bicyclic) bond motifs is 1. The van der Waals surface area contributed by atoms with Gasteiger partial charge in [-0.05, 0) is 49.2 Å². The van der Waals surface area contributed by atoms with Crippen molar-refractivity contribution in [2.45, 2.75) is 19.4 Å². The normalized spacial score (nSPS) is 17.1. The molecule has 102 valence electrons. The molecular formula is C17H16ClNO. The molecule has 0 aromatic heterocycles. The van der Waals surface area contributed by atoms with Gasteiger partial charge in [-0.25, -0.2) is 0 Å². The van der Waals surface area contributed by atoms with E-state index in [-0.39, 0.29) is 5.78 Å². The molecule has 2 aromatic rings. The minimum atomic E-state index is 0.130. The van der Waals surface area contributed by atoms with Crippen LogP contribution < -0.4 is 4.90 Å². The highest BCUT2D eigenvalue weighted by molar-refractivity contribution is 6.30. The zero-order valence-electron chi connectivity index (χ0n) is 11.3. The van der Waals surface area contributed by atoms with Crippen LogP contribution >= 0.6 is 11.6 Å². The minimum absolute atomic E-state index is 0.130. The van der Waals surface area contributed by atoms with Gasteiger partial charge in [-0.3, -0.25) is 4.79 Å². The second-order valence-electron chi connectivity index (χ2n) is 5.24. The van der Waals surface area contributed by atoms with Crippen LogP contribution in [-0.2, 0) is 6.42 Å². The SMILES string of the molecule is CC1Cc2ccccc2N1CC(=O)c1ccc(Cl)cc1. The van der Waals surface area contributed by atoms with Gasteiger partial charge in [0.1, 0.15) is 0 Å². The molecule has 0 radical (unpaired) electrons. The Kier molecular flexibility index (Phi) is 3.49. The average molecular weight is 286 g/mol. The molecule has 0 bridgehead atoms. The Morgan fingerprint density at radius 1 is 1.20 bits per heavy atom. The number of Topliss-reactive ketones (excluding diaryl/α,β-unsaturated/α-hetero) is 1. The molecule has 3 heteroatoms. The molecule has 0 spiro atoms. The van der Waals surface area contributed by atoms with Crippen LogP contribution in [-0.4, -0.2) is 18.4 Å². The Morgan fingerprint density at radius 2 is 1.90 bits per heavy atom. The summed E-state index contributed by atoms with van der Waals surface area (Å²) in [4.78, 5) is 14.6. The van der Waals surface area contributed by atoms with E-state index in [1.54, 1.807) is 24.3 Å². The van der Waals surface area contributed by atoms with E-state index in [2.05, 4.69) is 30.0 Å². The second kappa shape index (κ2) is 5.29. The molecule has 0 saturated heterocycles. The van der Waals surface area contributed by atoms with Crippen molar-refractivity contribution in [1.82, 2.24) is 0 Å². The van der Waals surface area contributed by atoms with Crippen molar-refractivity contribution < 1.29 is 4.79 Å². The first-order chi connectivity index (χ1) is 9.65. The third-order valence-electron chi connectivity index (χ3n) is 3.83. The Balaban J connectivity index is 1.81. The molecule has 0 N–H and O–H groups in total. The quantitative estimate of drug-likeness (QED) is 0.795. The largest absolute Gasteiger partial charge is 0.361 e. The summed E-state index contributed by atoms with van der Waals surface area (Å²) >= 11 is 5.86. The Bertz CT molecular complexity index is 636. The maximum atomic E-state index is 12.4. The number of anilines is 1. The lowest BCUT2D eigenvalue weighted by atomic mass is 10.1. The molecule has 0 amide bonds. The summed E-state index contributed by atoms with van der Waals surface area (Å²) in [5.74, 6) is 0.130. The van der Waals surface area contributed by atoms with Crippen LogP contribution in [0.2, 0.25) is 5.02 Å². The first-order valence-electron chi connectivity index (χ1n) is 6.78. The van der Waals surface area contributed by atoms with Crippen LogP contribution in [0.4, 0.5) is 5.69 Å². The first kappa shape index (κ1) is 13.2. The van der Waals surface area contributed by atoms with Gasteiger partial charge < -0.3 is 4.90 Å². The van der Waals surface area contributed by atoms with E-state index in [0.29, 0.717) is 23.2 Å². The predicted molar refractivity (Wildman–Crippen MR) is 82.7 cm³/mol. The topological polar surface area (TPSA) is 20.3 Å². The zero-order valence-corrected chi connectivity index (χ0v) is 12.1. The van der Waals surface area contributed by atoms with Crippen molar-refractivity contribution in [2.75, 3.05) is 11.4 Å². The molecule has 3 rings (SSSR count). The van der Waals surface area contributed by atoms with E-state index in [1.165, 1.54) is 11.3 Å². The fourth-order valence-corrected chi connectivity index (χ4v) is 2.88. The molecule has 1 unspecified atom stereocenters. The van der Waals surface area contributed by atoms with Crippen molar-refractivity contribution in [3.63, 3.8) is 0 Å². The van der Waals surface area contributed by atoms with Gasteiger partial charge in [0.05, 0.1) is 6.54 Å². The van der Waals surface area contributed by atoms with Crippen LogP contribution in [0.1, 0.15) is 22.8 Å². The fraction of sp³-hybridized carbons (Fsp3) is 0.235. The lowest BCUT2D eigenvalue weighted by molar-refractivity contribution is 0.0997. The number of hydrogen-bond acceptors (Lipinski definition) is 2. The second-order valence-corrected chi connectivity index (χ2v) is 5.68. The Hall–Kier alpha value is -1.80. The standard InChI is InChI=1S/C17H16ClNO/c1-12-10-14-4-2-3-5-16(14)19(12)11-17(20)13-6-8-15(18)9-7-13/h2-9,12H,10-11H2,1H3. The lowest BCUT2D eigenvalue weighted by Crippen LogP contribution is -2.34. The summed E-state index contributed by atoms with van der Waals surface area (Å²) < 4.78 is 0. The van der Waals surface area contributed by atoms with E-state index < -0.39 is 0 Å². The number of benzene rings is 2. The molecule has 20 heavy (non-hydrogen) atoms. The minimum Gasteiger partial charge on any atom is -0.361 e. The van der Waals surface area contributed by atoms with Gasteiger partial charge in [0.2, 0.25) is 0 Å². The van der Waals surface area contributed by atoms with Crippen LogP contribution in [0.3, 0.4) is 0 Å². The molecule has 0 aliphatic carbocycles. The average Bonchev–Trinajstić information content (AvgIpc) is 2.76. The molecular weight excluding hydrogens is 270 g/mol. The summed E-state index contributed by atoms with van der Waals surface area (Å²) in [6, 6.07) is 15.8. The number of hydrogen-bond donors (Lipinski definition) is 0. The van der Waals surface area contributed by atoms with Crippen molar-refractivity contribution in [1.29, 1.82) is 0 Å². The number of rotatable bonds is 3. The van der Waals surface area contributed by atoms with Gasteiger partial charge in [0.15, 0.2) is 5.78 Å². The fourth-order valence-electron chi connectivity index (χ4n) is 2.75. The number of ketones is 1. The number of carbonyl (C=O) groups is 1. The zero-order chi connectivity index (χ0) is 14.1. The summed E-state index contributed by atoms with van der Waals surface area (Å²) in [5.41, 5.74) is 3.22. The number of carbonyl (C=O) groups excluding carboxylic acids is 1. The van der Waals surface area contributed by atoms with Crippen molar-refractivity contribution in [3.8, 4) is 0 Å². The van der Waals surface area contributed by atoms with Gasteiger partial charge in [-0.15, -0.1) is 0 Å². The monoisotopic (exact) mass is 285 g/mol. The molecule has 1 heterocycles. The predicted octanol–water partition coefficient (Wildman–Crippen LogP) is 3.97. The van der Waals surface area contributed by atoms with Gasteiger partial charge in [-0.1, -0.05) is 29.8 Å². The summed E-state index contributed by atoms with van der Waals surface area (Å²) in [7, 11) is 0. The molecule has 0 fully saturated rings. The lowest BCUT2D eigenvalue weighted by Gasteiger charge is -2.24. The van der Waals surface area contributed by atoms with Crippen LogP contribution in [0.25, 0.3) is 0 Å². The maximum Gasteiger partial charge on any atom is 0.182 e. The third-order valence-corrected chi connectivity index (χ3v) is 4.08. The van der Waals surface area contributed by atoms with E-state index >= 15 is 0 Å². The first-order valence-corrected chi connectivity index (χ1v) is 7.16. The highest BCUT2D eigenvalue weighted by Crippen LogP contribution is 2.31. The van der Waals surface area contributed by atoms with Gasteiger partial charge in [0.25, 0.3) is 0 Å². The summed E-state index contributed by atoms with van der Waals surface area (Å²) in [6.45, 7) is 2.58. The smallest absolute Gasteiger partial charge is 0.182 e. The third kappa shape index (κ3) is 2.44. The van der Waals surface area contributed by atoms with E-state index in [4.69, 9.17) is 11.6 Å². The van der Waals surface area contributed by atoms with Crippen molar-refractivity contribution in [3.05, 3.63) is 64.7 Å². The summed E-state index contributed by atoms with van der Waals surface area (Å²) in [5, 5.41) is 0.654. The molecule has 1 atom stereocenters. The van der Waals surface area contributed by atoms with Crippen molar-refractivity contribution in [2.24, 2.45) is 0 Å². The van der Waals surface area contributed by atoms with E-state index in [1.807, 2.05) is 6.07 Å². The molecule has 2 nitrogen and oxygen atoms in total. The number of para-hydroxylation sites is 1. The van der Waals surface area contributed by atoms with Crippen LogP contribution in [0.5, 0.6) is 0 Å². The Morgan fingerprint density at radius 3 is 2.65 bits per heavy atom. The van der Waals surface area contributed by atoms with Gasteiger partial charge in [0, 0.05) is 22.3 Å². The highest BCUT2D eigenvalue weighted by atomic mass is 35.5.